The van der Waals surface area contributed by atoms with Gasteiger partial charge in [-0.2, -0.15) is 0 Å². The number of hydrogen-bond donors (Lipinski definition) is 0. The first-order valence-corrected chi connectivity index (χ1v) is 2.88. The van der Waals surface area contributed by atoms with Gasteiger partial charge in [0.2, 0.25) is 0 Å². The number of rotatable bonds is 2. The molecule has 0 aliphatic heterocycles. The minimum Gasteiger partial charge on any atom is -0.412 e. The van der Waals surface area contributed by atoms with E-state index in [-0.39, 0.29) is 5.48 Å². The van der Waals surface area contributed by atoms with Gasteiger partial charge in [-0.15, -0.1) is 0 Å². The second-order valence-corrected chi connectivity index (χ2v) is 1.72. The Hall–Kier alpha value is -0.900. The zero-order valence-electron chi connectivity index (χ0n) is 6.14. The Morgan fingerprint density at radius 3 is 2.20 bits per heavy atom. The number of esters is 2. The Labute approximate surface area is 59.5 Å². The highest BCUT2D eigenvalue weighted by Gasteiger charge is 2.02. The van der Waals surface area contributed by atoms with Crippen LogP contribution in [0.5, 0.6) is 0 Å². The molecular weight excluding hydrogens is 136 g/mol. The molecule has 0 amide bonds. The first-order valence-electron chi connectivity index (χ1n) is 2.88. The average Bonchev–Trinajstić information content (AvgIpc) is 1.63. The summed E-state index contributed by atoms with van der Waals surface area (Å²) in [4.78, 5) is 20.5. The third kappa shape index (κ3) is 7.10. The molecule has 0 fully saturated rings. The van der Waals surface area contributed by atoms with Crippen molar-refractivity contribution in [3.63, 3.8) is 0 Å². The number of carbonyl (C=O) groups excluding carboxylic acids is 2. The lowest BCUT2D eigenvalue weighted by molar-refractivity contribution is -0.158. The minimum atomic E-state index is -0.534. The molecule has 0 saturated carbocycles. The molecule has 4 heteroatoms. The Bertz CT molecular complexity index is 119. The SMILES string of the molecule is CCCC(=O)OC(C)=O.O. The highest BCUT2D eigenvalue weighted by molar-refractivity contribution is 5.83. The van der Waals surface area contributed by atoms with Crippen molar-refractivity contribution in [3.8, 4) is 0 Å². The van der Waals surface area contributed by atoms with Gasteiger partial charge in [-0.25, -0.2) is 0 Å². The second-order valence-electron chi connectivity index (χ2n) is 1.72. The summed E-state index contributed by atoms with van der Waals surface area (Å²) in [5.74, 6) is -0.974. The summed E-state index contributed by atoms with van der Waals surface area (Å²) in [6.45, 7) is 3.06. The molecule has 0 rings (SSSR count). The van der Waals surface area contributed by atoms with Crippen molar-refractivity contribution in [1.29, 1.82) is 0 Å². The van der Waals surface area contributed by atoms with Crippen LogP contribution in [0.2, 0.25) is 0 Å². The van der Waals surface area contributed by atoms with Crippen molar-refractivity contribution in [2.45, 2.75) is 26.7 Å². The van der Waals surface area contributed by atoms with Crippen LogP contribution in [-0.4, -0.2) is 17.4 Å². The van der Waals surface area contributed by atoms with E-state index in [0.29, 0.717) is 12.8 Å². The maximum absolute atomic E-state index is 10.4. The Morgan fingerprint density at radius 2 is 1.90 bits per heavy atom. The normalized spacial score (nSPS) is 7.80. The lowest BCUT2D eigenvalue weighted by Crippen LogP contribution is -2.07. The van der Waals surface area contributed by atoms with E-state index in [1.54, 1.807) is 0 Å². The standard InChI is InChI=1S/C6H10O3.H2O/c1-3-4-6(8)9-5(2)7;/h3-4H2,1-2H3;1H2. The number of hydrogen-bond acceptors (Lipinski definition) is 3. The first kappa shape index (κ1) is 11.8. The van der Waals surface area contributed by atoms with Gasteiger partial charge in [0.1, 0.15) is 0 Å². The van der Waals surface area contributed by atoms with E-state index in [2.05, 4.69) is 4.74 Å². The van der Waals surface area contributed by atoms with Crippen LogP contribution in [0.4, 0.5) is 0 Å². The van der Waals surface area contributed by atoms with Gasteiger partial charge in [-0.05, 0) is 6.42 Å². The van der Waals surface area contributed by atoms with Gasteiger partial charge >= 0.3 is 11.9 Å². The van der Waals surface area contributed by atoms with E-state index >= 15 is 0 Å². The van der Waals surface area contributed by atoms with Crippen LogP contribution in [0.25, 0.3) is 0 Å². The zero-order chi connectivity index (χ0) is 7.28. The smallest absolute Gasteiger partial charge is 0.313 e. The maximum Gasteiger partial charge on any atom is 0.313 e. The van der Waals surface area contributed by atoms with E-state index in [4.69, 9.17) is 0 Å². The number of ether oxygens (including phenoxy) is 1. The summed E-state index contributed by atoms with van der Waals surface area (Å²) in [6.07, 6.45) is 1.03. The van der Waals surface area contributed by atoms with Crippen molar-refractivity contribution in [3.05, 3.63) is 0 Å². The molecule has 4 nitrogen and oxygen atoms in total. The van der Waals surface area contributed by atoms with Crippen molar-refractivity contribution in [2.24, 2.45) is 0 Å². The van der Waals surface area contributed by atoms with Crippen molar-refractivity contribution in [1.82, 2.24) is 0 Å². The molecular formula is C6H12O4. The molecule has 0 unspecified atom stereocenters. The van der Waals surface area contributed by atoms with E-state index < -0.39 is 11.9 Å². The fraction of sp³-hybridized carbons (Fsp3) is 0.667. The molecule has 60 valence electrons. The van der Waals surface area contributed by atoms with Crippen LogP contribution in [0.3, 0.4) is 0 Å². The molecule has 2 N–H and O–H groups in total. The molecule has 0 aromatic rings. The summed E-state index contributed by atoms with van der Waals surface area (Å²) < 4.78 is 4.21. The van der Waals surface area contributed by atoms with Crippen molar-refractivity contribution >= 4 is 11.9 Å². The molecule has 0 aliphatic carbocycles. The van der Waals surface area contributed by atoms with E-state index in [1.165, 1.54) is 6.92 Å². The van der Waals surface area contributed by atoms with Gasteiger partial charge < -0.3 is 10.2 Å². The van der Waals surface area contributed by atoms with Crippen LogP contribution in [0, 0.1) is 0 Å². The Balaban J connectivity index is 0. The molecule has 0 aromatic carbocycles. The molecule has 0 spiro atoms. The first-order chi connectivity index (χ1) is 4.16. The van der Waals surface area contributed by atoms with E-state index in [0.717, 1.165) is 0 Å². The lowest BCUT2D eigenvalue weighted by Gasteiger charge is -1.94. The van der Waals surface area contributed by atoms with Crippen LogP contribution in [-0.2, 0) is 14.3 Å². The summed E-state index contributed by atoms with van der Waals surface area (Å²) in [5.41, 5.74) is 0. The zero-order valence-corrected chi connectivity index (χ0v) is 6.14. The van der Waals surface area contributed by atoms with Gasteiger partial charge in [0.25, 0.3) is 0 Å². The quantitative estimate of drug-likeness (QED) is 0.410. The lowest BCUT2D eigenvalue weighted by atomic mass is 10.3. The maximum atomic E-state index is 10.4. The monoisotopic (exact) mass is 148 g/mol. The van der Waals surface area contributed by atoms with E-state index in [1.807, 2.05) is 6.92 Å². The second kappa shape index (κ2) is 6.22. The van der Waals surface area contributed by atoms with Gasteiger partial charge in [0.15, 0.2) is 0 Å². The summed E-state index contributed by atoms with van der Waals surface area (Å²) in [7, 11) is 0. The summed E-state index contributed by atoms with van der Waals surface area (Å²) >= 11 is 0. The van der Waals surface area contributed by atoms with Gasteiger partial charge in [0, 0.05) is 13.3 Å². The predicted molar refractivity (Wildman–Crippen MR) is 35.3 cm³/mol. The molecule has 0 radical (unpaired) electrons. The van der Waals surface area contributed by atoms with E-state index in [9.17, 15) is 9.59 Å². The number of carbonyl (C=O) groups is 2. The Kier molecular flexibility index (Phi) is 7.37. The van der Waals surface area contributed by atoms with Crippen molar-refractivity contribution < 1.29 is 19.8 Å². The molecule has 0 aliphatic rings. The summed E-state index contributed by atoms with van der Waals surface area (Å²) in [6, 6.07) is 0. The largest absolute Gasteiger partial charge is 0.412 e. The summed E-state index contributed by atoms with van der Waals surface area (Å²) in [5, 5.41) is 0. The van der Waals surface area contributed by atoms with Gasteiger partial charge in [-0.1, -0.05) is 6.92 Å². The third-order valence-corrected chi connectivity index (χ3v) is 0.712. The molecule has 0 aromatic heterocycles. The van der Waals surface area contributed by atoms with Crippen LogP contribution in [0.1, 0.15) is 26.7 Å². The predicted octanol–water partition coefficient (Wildman–Crippen LogP) is 0.0515. The highest BCUT2D eigenvalue weighted by Crippen LogP contribution is 1.90. The highest BCUT2D eigenvalue weighted by atomic mass is 16.6. The van der Waals surface area contributed by atoms with Crippen molar-refractivity contribution in [2.75, 3.05) is 0 Å². The fourth-order valence-electron chi connectivity index (χ4n) is 0.415. The topological polar surface area (TPSA) is 74.9 Å². The minimum absolute atomic E-state index is 0. The molecule has 0 bridgehead atoms. The molecule has 0 heterocycles. The average molecular weight is 148 g/mol. The van der Waals surface area contributed by atoms with Gasteiger partial charge in [0.05, 0.1) is 0 Å². The molecule has 0 saturated heterocycles. The fourth-order valence-corrected chi connectivity index (χ4v) is 0.415. The molecule has 0 atom stereocenters. The van der Waals surface area contributed by atoms with Crippen LogP contribution in [0.15, 0.2) is 0 Å². The molecule has 10 heavy (non-hydrogen) atoms. The van der Waals surface area contributed by atoms with Crippen LogP contribution < -0.4 is 0 Å². The van der Waals surface area contributed by atoms with Crippen LogP contribution >= 0.6 is 0 Å². The Morgan fingerprint density at radius 1 is 1.40 bits per heavy atom. The third-order valence-electron chi connectivity index (χ3n) is 0.712. The van der Waals surface area contributed by atoms with Gasteiger partial charge in [-0.3, -0.25) is 9.59 Å².